The van der Waals surface area contributed by atoms with E-state index >= 15 is 0 Å². The van der Waals surface area contributed by atoms with E-state index in [4.69, 9.17) is 0 Å². The highest BCUT2D eigenvalue weighted by atomic mass is 32.2. The number of aryl methyl sites for hydroxylation is 1. The molecule has 0 aliphatic heterocycles. The summed E-state index contributed by atoms with van der Waals surface area (Å²) in [7, 11) is -0.211. The van der Waals surface area contributed by atoms with Gasteiger partial charge in [0.1, 0.15) is 11.9 Å². The number of imidazole rings is 1. The molecule has 120 valence electrons. The topological polar surface area (TPSA) is 67.2 Å². The molecule has 0 fully saturated rings. The van der Waals surface area contributed by atoms with Crippen molar-refractivity contribution in [3.8, 4) is 0 Å². The normalized spacial score (nSPS) is 13.7. The van der Waals surface area contributed by atoms with Gasteiger partial charge in [0.05, 0.1) is 0 Å². The van der Waals surface area contributed by atoms with E-state index in [1.54, 1.807) is 19.4 Å². The van der Waals surface area contributed by atoms with E-state index in [1.165, 1.54) is 4.31 Å². The number of nitrogens with one attached hydrogen (secondary N) is 1. The highest BCUT2D eigenvalue weighted by Gasteiger charge is 2.28. The molecule has 1 atom stereocenters. The van der Waals surface area contributed by atoms with Crippen molar-refractivity contribution in [2.45, 2.75) is 25.9 Å². The van der Waals surface area contributed by atoms with Gasteiger partial charge in [-0.05, 0) is 19.4 Å². The van der Waals surface area contributed by atoms with Crippen LogP contribution in [0.2, 0.25) is 0 Å². The first-order valence-electron chi connectivity index (χ1n) is 7.10. The van der Waals surface area contributed by atoms with Crippen LogP contribution in [0.3, 0.4) is 0 Å². The lowest BCUT2D eigenvalue weighted by molar-refractivity contribution is 0.398. The van der Waals surface area contributed by atoms with Crippen LogP contribution in [0.25, 0.3) is 0 Å². The second-order valence-electron chi connectivity index (χ2n) is 5.47. The number of nitrogens with zero attached hydrogens (tertiary/aromatic N) is 3. The van der Waals surface area contributed by atoms with Gasteiger partial charge < -0.3 is 4.57 Å². The predicted octanol–water partition coefficient (Wildman–Crippen LogP) is 1.68. The zero-order chi connectivity index (χ0) is 16.3. The Hall–Kier alpha value is -1.70. The summed E-state index contributed by atoms with van der Waals surface area (Å²) >= 11 is 0. The van der Waals surface area contributed by atoms with E-state index in [0.717, 1.165) is 5.56 Å². The molecular formula is C15H22N4O2S. The molecule has 1 heterocycles. The Morgan fingerprint density at radius 2 is 1.86 bits per heavy atom. The first-order valence-corrected chi connectivity index (χ1v) is 8.54. The smallest absolute Gasteiger partial charge is 0.280 e. The van der Waals surface area contributed by atoms with Gasteiger partial charge in [0.25, 0.3) is 10.2 Å². The maximum Gasteiger partial charge on any atom is 0.280 e. The van der Waals surface area contributed by atoms with Gasteiger partial charge in [-0.2, -0.15) is 17.4 Å². The highest BCUT2D eigenvalue weighted by molar-refractivity contribution is 7.87. The van der Waals surface area contributed by atoms with Gasteiger partial charge in [-0.1, -0.05) is 30.3 Å². The van der Waals surface area contributed by atoms with Gasteiger partial charge in [0.2, 0.25) is 0 Å². The summed E-state index contributed by atoms with van der Waals surface area (Å²) in [5.41, 5.74) is 0.845. The van der Waals surface area contributed by atoms with Crippen LogP contribution in [0, 0.1) is 0 Å². The number of rotatable bonds is 6. The second-order valence-corrected chi connectivity index (χ2v) is 7.23. The Morgan fingerprint density at radius 1 is 1.23 bits per heavy atom. The van der Waals surface area contributed by atoms with Crippen molar-refractivity contribution in [2.24, 2.45) is 7.05 Å². The molecule has 1 aromatic heterocycles. The quantitative estimate of drug-likeness (QED) is 0.880. The number of hydrogen-bond donors (Lipinski definition) is 1. The molecule has 22 heavy (non-hydrogen) atoms. The zero-order valence-corrected chi connectivity index (χ0v) is 14.1. The second kappa shape index (κ2) is 6.60. The number of aromatic nitrogens is 2. The number of hydrogen-bond acceptors (Lipinski definition) is 3. The van der Waals surface area contributed by atoms with Crippen molar-refractivity contribution in [1.82, 2.24) is 18.6 Å². The fourth-order valence-corrected chi connectivity index (χ4v) is 3.34. The third kappa shape index (κ3) is 3.55. The Kier molecular flexibility index (Phi) is 5.00. The van der Waals surface area contributed by atoms with Gasteiger partial charge in [-0.3, -0.25) is 0 Å². The molecule has 0 aliphatic carbocycles. The molecule has 1 aromatic carbocycles. The number of benzene rings is 1. The molecule has 2 rings (SSSR count). The van der Waals surface area contributed by atoms with E-state index in [2.05, 4.69) is 9.71 Å². The minimum atomic E-state index is -3.62. The molecule has 0 amide bonds. The van der Waals surface area contributed by atoms with Crippen molar-refractivity contribution >= 4 is 10.2 Å². The van der Waals surface area contributed by atoms with Crippen LogP contribution in [-0.4, -0.2) is 35.4 Å². The zero-order valence-electron chi connectivity index (χ0n) is 13.3. The van der Waals surface area contributed by atoms with Crippen LogP contribution in [0.1, 0.15) is 31.3 Å². The van der Waals surface area contributed by atoms with E-state index in [9.17, 15) is 8.42 Å². The van der Waals surface area contributed by atoms with E-state index in [-0.39, 0.29) is 6.04 Å². The van der Waals surface area contributed by atoms with Crippen LogP contribution >= 0.6 is 0 Å². The molecule has 0 aliphatic rings. The van der Waals surface area contributed by atoms with Gasteiger partial charge >= 0.3 is 0 Å². The largest absolute Gasteiger partial charge is 0.336 e. The lowest BCUT2D eigenvalue weighted by atomic mass is 10.1. The summed E-state index contributed by atoms with van der Waals surface area (Å²) in [5.74, 6) is 0.645. The molecule has 0 spiro atoms. The van der Waals surface area contributed by atoms with Gasteiger partial charge in [-0.15, -0.1) is 0 Å². The lowest BCUT2D eigenvalue weighted by Crippen LogP contribution is -2.44. The molecule has 0 saturated carbocycles. The average Bonchev–Trinajstić information content (AvgIpc) is 2.91. The van der Waals surface area contributed by atoms with Crippen LogP contribution in [0.15, 0.2) is 42.7 Å². The first-order chi connectivity index (χ1) is 10.3. The predicted molar refractivity (Wildman–Crippen MR) is 86.4 cm³/mol. The maximum absolute atomic E-state index is 12.5. The summed E-state index contributed by atoms with van der Waals surface area (Å²) in [4.78, 5) is 4.30. The summed E-state index contributed by atoms with van der Waals surface area (Å²) in [6.07, 6.45) is 3.46. The minimum Gasteiger partial charge on any atom is -0.336 e. The molecule has 1 N–H and O–H groups in total. The highest BCUT2D eigenvalue weighted by Crippen LogP contribution is 2.22. The third-order valence-electron chi connectivity index (χ3n) is 3.62. The van der Waals surface area contributed by atoms with Gasteiger partial charge in [-0.25, -0.2) is 4.98 Å². The molecule has 6 nitrogen and oxygen atoms in total. The fraction of sp³-hybridized carbons (Fsp3) is 0.400. The molecule has 7 heteroatoms. The standard InChI is InChI=1S/C15H22N4O2S/c1-12(2)19(4)22(20,21)17-14(13-8-6-5-7-9-13)15-16-10-11-18(15)3/h5-12,14,17H,1-4H3/t14-/m0/s1. The monoisotopic (exact) mass is 322 g/mol. The van der Waals surface area contributed by atoms with Crippen molar-refractivity contribution in [2.75, 3.05) is 7.05 Å². The van der Waals surface area contributed by atoms with Crippen LogP contribution < -0.4 is 4.72 Å². The Bertz CT molecular complexity index is 710. The van der Waals surface area contributed by atoms with E-state index < -0.39 is 16.3 Å². The average molecular weight is 322 g/mol. The molecule has 0 radical (unpaired) electrons. The van der Waals surface area contributed by atoms with E-state index in [1.807, 2.05) is 55.8 Å². The van der Waals surface area contributed by atoms with Crippen molar-refractivity contribution in [1.29, 1.82) is 0 Å². The summed E-state index contributed by atoms with van der Waals surface area (Å²) in [6, 6.07) is 8.77. The van der Waals surface area contributed by atoms with Gasteiger partial charge in [0, 0.05) is 32.5 Å². The summed E-state index contributed by atoms with van der Waals surface area (Å²) < 4.78 is 31.0. The summed E-state index contributed by atoms with van der Waals surface area (Å²) in [6.45, 7) is 3.66. The molecule has 0 bridgehead atoms. The maximum atomic E-state index is 12.5. The minimum absolute atomic E-state index is 0.129. The van der Waals surface area contributed by atoms with E-state index in [0.29, 0.717) is 5.82 Å². The van der Waals surface area contributed by atoms with Crippen molar-refractivity contribution < 1.29 is 8.42 Å². The molecule has 0 unspecified atom stereocenters. The first kappa shape index (κ1) is 16.7. The molecule has 0 saturated heterocycles. The molecular weight excluding hydrogens is 300 g/mol. The Labute approximate surface area is 132 Å². The van der Waals surface area contributed by atoms with Crippen molar-refractivity contribution in [3.63, 3.8) is 0 Å². The Balaban J connectivity index is 2.41. The fourth-order valence-electron chi connectivity index (χ4n) is 2.08. The molecule has 2 aromatic rings. The van der Waals surface area contributed by atoms with Crippen LogP contribution in [0.4, 0.5) is 0 Å². The van der Waals surface area contributed by atoms with Crippen molar-refractivity contribution in [3.05, 3.63) is 54.1 Å². The van der Waals surface area contributed by atoms with Crippen LogP contribution in [-0.2, 0) is 17.3 Å². The SMILES string of the molecule is CC(C)N(C)S(=O)(=O)N[C@@H](c1ccccc1)c1nccn1C. The summed E-state index contributed by atoms with van der Waals surface area (Å²) in [5, 5.41) is 0. The Morgan fingerprint density at radius 3 is 2.36 bits per heavy atom. The van der Waals surface area contributed by atoms with Crippen LogP contribution in [0.5, 0.6) is 0 Å². The third-order valence-corrected chi connectivity index (χ3v) is 5.34. The van der Waals surface area contributed by atoms with Gasteiger partial charge in [0.15, 0.2) is 0 Å². The lowest BCUT2D eigenvalue weighted by Gasteiger charge is -2.25.